The zero-order valence-corrected chi connectivity index (χ0v) is 12.7. The molecule has 1 amide bonds. The number of anilines is 1. The number of amides is 1. The summed E-state index contributed by atoms with van der Waals surface area (Å²) in [5.74, 6) is -1.71. The molecule has 1 aromatic rings. The van der Waals surface area contributed by atoms with Crippen LogP contribution in [-0.4, -0.2) is 37.6 Å². The zero-order chi connectivity index (χ0) is 15.8. The summed E-state index contributed by atoms with van der Waals surface area (Å²) < 4.78 is 0. The maximum atomic E-state index is 11.6. The van der Waals surface area contributed by atoms with Crippen LogP contribution < -0.4 is 10.2 Å². The minimum Gasteiger partial charge on any atom is -0.481 e. The Balaban J connectivity index is 2.52. The second-order valence-corrected chi connectivity index (χ2v) is 5.01. The Labute approximate surface area is 125 Å². The molecule has 0 bridgehead atoms. The van der Waals surface area contributed by atoms with Crippen molar-refractivity contribution in [1.29, 1.82) is 0 Å². The smallest absolute Gasteiger partial charge is 0.308 e. The van der Waals surface area contributed by atoms with E-state index in [-0.39, 0.29) is 12.5 Å². The molecule has 0 saturated heterocycles. The highest BCUT2D eigenvalue weighted by molar-refractivity contribution is 5.92. The number of carboxylic acids is 1. The van der Waals surface area contributed by atoms with E-state index in [1.54, 1.807) is 13.0 Å². The minimum absolute atomic E-state index is 0.147. The first kappa shape index (κ1) is 16.8. The van der Waals surface area contributed by atoms with E-state index in [1.807, 2.05) is 43.3 Å². The van der Waals surface area contributed by atoms with Crippen molar-refractivity contribution in [3.05, 3.63) is 35.9 Å². The van der Waals surface area contributed by atoms with E-state index in [1.165, 1.54) is 6.08 Å². The zero-order valence-electron chi connectivity index (χ0n) is 12.7. The van der Waals surface area contributed by atoms with Crippen LogP contribution in [0.1, 0.15) is 18.9 Å². The van der Waals surface area contributed by atoms with Gasteiger partial charge in [-0.15, -0.1) is 0 Å². The summed E-state index contributed by atoms with van der Waals surface area (Å²) in [7, 11) is 3.93. The summed E-state index contributed by atoms with van der Waals surface area (Å²) in [4.78, 5) is 24.5. The molecular weight excluding hydrogens is 268 g/mol. The Morgan fingerprint density at radius 3 is 2.38 bits per heavy atom. The van der Waals surface area contributed by atoms with Gasteiger partial charge in [0.25, 0.3) is 0 Å². The van der Waals surface area contributed by atoms with E-state index in [2.05, 4.69) is 5.32 Å². The van der Waals surface area contributed by atoms with E-state index in [4.69, 9.17) is 5.11 Å². The quantitative estimate of drug-likeness (QED) is 0.754. The van der Waals surface area contributed by atoms with Gasteiger partial charge in [0, 0.05) is 32.4 Å². The number of carbonyl (C=O) groups is 2. The predicted molar refractivity (Wildman–Crippen MR) is 84.2 cm³/mol. The van der Waals surface area contributed by atoms with Crippen LogP contribution in [0.5, 0.6) is 0 Å². The van der Waals surface area contributed by atoms with E-state index in [9.17, 15) is 9.59 Å². The lowest BCUT2D eigenvalue weighted by Crippen LogP contribution is -2.31. The van der Waals surface area contributed by atoms with Crippen molar-refractivity contribution < 1.29 is 14.7 Å². The molecule has 0 fully saturated rings. The van der Waals surface area contributed by atoms with Crippen molar-refractivity contribution in [2.45, 2.75) is 13.3 Å². The Bertz CT molecular complexity index is 507. The Morgan fingerprint density at radius 2 is 1.90 bits per heavy atom. The fourth-order valence-corrected chi connectivity index (χ4v) is 1.74. The lowest BCUT2D eigenvalue weighted by atomic mass is 10.1. The summed E-state index contributed by atoms with van der Waals surface area (Å²) in [5, 5.41) is 11.5. The Morgan fingerprint density at radius 1 is 1.29 bits per heavy atom. The van der Waals surface area contributed by atoms with Crippen molar-refractivity contribution in [3.63, 3.8) is 0 Å². The van der Waals surface area contributed by atoms with Crippen molar-refractivity contribution >= 4 is 23.6 Å². The number of nitrogens with one attached hydrogen (secondary N) is 1. The third kappa shape index (κ3) is 5.69. The summed E-state index contributed by atoms with van der Waals surface area (Å²) in [6, 6.07) is 7.78. The SMILES string of the molecule is CCC(CNC(=O)C=Cc1ccc(N(C)C)cc1)C(=O)O. The molecule has 0 saturated carbocycles. The molecule has 0 aliphatic rings. The van der Waals surface area contributed by atoms with Gasteiger partial charge in [0.05, 0.1) is 5.92 Å². The number of hydrogen-bond acceptors (Lipinski definition) is 3. The van der Waals surface area contributed by atoms with Gasteiger partial charge < -0.3 is 15.3 Å². The molecule has 0 spiro atoms. The first-order valence-electron chi connectivity index (χ1n) is 6.90. The number of benzene rings is 1. The lowest BCUT2D eigenvalue weighted by Gasteiger charge is -2.11. The number of carboxylic acid groups (broad SMARTS) is 1. The fraction of sp³-hybridized carbons (Fsp3) is 0.375. The molecule has 5 heteroatoms. The summed E-state index contributed by atoms with van der Waals surface area (Å²) in [5.41, 5.74) is 2.00. The molecule has 0 aliphatic heterocycles. The number of carbonyl (C=O) groups excluding carboxylic acids is 1. The monoisotopic (exact) mass is 290 g/mol. The van der Waals surface area contributed by atoms with Crippen LogP contribution in [0, 0.1) is 5.92 Å². The highest BCUT2D eigenvalue weighted by Gasteiger charge is 2.14. The number of rotatable bonds is 7. The van der Waals surface area contributed by atoms with Crippen LogP contribution in [0.3, 0.4) is 0 Å². The van der Waals surface area contributed by atoms with Crippen LogP contribution in [0.25, 0.3) is 6.08 Å². The molecular formula is C16H22N2O3. The molecule has 5 nitrogen and oxygen atoms in total. The predicted octanol–water partition coefficient (Wildman–Crippen LogP) is 1.99. The normalized spacial score (nSPS) is 12.1. The molecule has 1 rings (SSSR count). The van der Waals surface area contributed by atoms with Gasteiger partial charge in [0.1, 0.15) is 0 Å². The molecule has 2 N–H and O–H groups in total. The minimum atomic E-state index is -0.888. The maximum absolute atomic E-state index is 11.6. The maximum Gasteiger partial charge on any atom is 0.308 e. The van der Waals surface area contributed by atoms with Gasteiger partial charge >= 0.3 is 5.97 Å². The van der Waals surface area contributed by atoms with Gasteiger partial charge in [-0.25, -0.2) is 0 Å². The lowest BCUT2D eigenvalue weighted by molar-refractivity contribution is -0.141. The van der Waals surface area contributed by atoms with Gasteiger partial charge in [0.2, 0.25) is 5.91 Å². The van der Waals surface area contributed by atoms with Gasteiger partial charge in [-0.3, -0.25) is 9.59 Å². The van der Waals surface area contributed by atoms with E-state index in [0.717, 1.165) is 11.3 Å². The molecule has 1 aromatic carbocycles. The van der Waals surface area contributed by atoms with E-state index >= 15 is 0 Å². The molecule has 114 valence electrons. The molecule has 1 unspecified atom stereocenters. The molecule has 21 heavy (non-hydrogen) atoms. The van der Waals surface area contributed by atoms with Crippen molar-refractivity contribution in [1.82, 2.24) is 5.32 Å². The van der Waals surface area contributed by atoms with Gasteiger partial charge in [0.15, 0.2) is 0 Å². The topological polar surface area (TPSA) is 69.6 Å². The molecule has 0 heterocycles. The van der Waals surface area contributed by atoms with Crippen LogP contribution in [-0.2, 0) is 9.59 Å². The summed E-state index contributed by atoms with van der Waals surface area (Å²) >= 11 is 0. The average Bonchev–Trinajstić information content (AvgIpc) is 2.45. The Kier molecular flexibility index (Phi) is 6.46. The Hall–Kier alpha value is -2.30. The molecule has 1 atom stereocenters. The van der Waals surface area contributed by atoms with Crippen LogP contribution >= 0.6 is 0 Å². The molecule has 0 aliphatic carbocycles. The molecule has 0 radical (unpaired) electrons. The second kappa shape index (κ2) is 8.09. The number of aliphatic carboxylic acids is 1. The highest BCUT2D eigenvalue weighted by atomic mass is 16.4. The first-order chi connectivity index (χ1) is 9.93. The second-order valence-electron chi connectivity index (χ2n) is 5.01. The molecule has 0 aromatic heterocycles. The summed E-state index contributed by atoms with van der Waals surface area (Å²) in [6.07, 6.45) is 3.61. The van der Waals surface area contributed by atoms with Gasteiger partial charge in [-0.05, 0) is 30.2 Å². The van der Waals surface area contributed by atoms with Crippen molar-refractivity contribution in [2.75, 3.05) is 25.5 Å². The van der Waals surface area contributed by atoms with E-state index < -0.39 is 11.9 Å². The van der Waals surface area contributed by atoms with Crippen molar-refractivity contribution in [2.24, 2.45) is 5.92 Å². The van der Waals surface area contributed by atoms with E-state index in [0.29, 0.717) is 6.42 Å². The third-order valence-corrected chi connectivity index (χ3v) is 3.20. The fourth-order valence-electron chi connectivity index (χ4n) is 1.74. The standard InChI is InChI=1S/C16H22N2O3/c1-4-13(16(20)21)11-17-15(19)10-7-12-5-8-14(9-6-12)18(2)3/h5-10,13H,4,11H2,1-3H3,(H,17,19)(H,20,21). The van der Waals surface area contributed by atoms with Crippen molar-refractivity contribution in [3.8, 4) is 0 Å². The number of hydrogen-bond donors (Lipinski definition) is 2. The largest absolute Gasteiger partial charge is 0.481 e. The van der Waals surface area contributed by atoms with Crippen LogP contribution in [0.4, 0.5) is 5.69 Å². The highest BCUT2D eigenvalue weighted by Crippen LogP contribution is 2.13. The van der Waals surface area contributed by atoms with Crippen LogP contribution in [0.15, 0.2) is 30.3 Å². The average molecular weight is 290 g/mol. The van der Waals surface area contributed by atoms with Gasteiger partial charge in [-0.1, -0.05) is 19.1 Å². The summed E-state index contributed by atoms with van der Waals surface area (Å²) in [6.45, 7) is 1.93. The number of nitrogens with zero attached hydrogens (tertiary/aromatic N) is 1. The third-order valence-electron chi connectivity index (χ3n) is 3.20. The van der Waals surface area contributed by atoms with Crippen LogP contribution in [0.2, 0.25) is 0 Å². The van der Waals surface area contributed by atoms with Gasteiger partial charge in [-0.2, -0.15) is 0 Å². The first-order valence-corrected chi connectivity index (χ1v) is 6.90.